The van der Waals surface area contributed by atoms with Crippen LogP contribution in [0.3, 0.4) is 0 Å². The summed E-state index contributed by atoms with van der Waals surface area (Å²) in [5, 5.41) is 12.9. The Morgan fingerprint density at radius 2 is 1.67 bits per heavy atom. The van der Waals surface area contributed by atoms with Crippen LogP contribution in [0.4, 0.5) is 0 Å². The van der Waals surface area contributed by atoms with E-state index in [4.69, 9.17) is 0 Å². The molecule has 0 amide bonds. The Balaban J connectivity index is 2.72. The van der Waals surface area contributed by atoms with Crippen molar-refractivity contribution in [3.05, 3.63) is 0 Å². The number of aliphatic carboxylic acids is 1. The first-order valence-electron chi connectivity index (χ1n) is 8.46. The number of carboxylic acid groups (broad SMARTS) is 1. The SMILES string of the molecule is CNC(CN(CCC(C)C)CCC(C)C)(C(=O)O)C1CC1. The van der Waals surface area contributed by atoms with Crippen LogP contribution < -0.4 is 5.32 Å². The van der Waals surface area contributed by atoms with Crippen molar-refractivity contribution in [1.29, 1.82) is 0 Å². The minimum atomic E-state index is -0.756. The molecule has 1 fully saturated rings. The average molecular weight is 298 g/mol. The van der Waals surface area contributed by atoms with Crippen LogP contribution >= 0.6 is 0 Å². The van der Waals surface area contributed by atoms with E-state index >= 15 is 0 Å². The van der Waals surface area contributed by atoms with Gasteiger partial charge in [0, 0.05) is 6.54 Å². The Morgan fingerprint density at radius 1 is 1.19 bits per heavy atom. The Kier molecular flexibility index (Phi) is 7.14. The highest BCUT2D eigenvalue weighted by molar-refractivity contribution is 5.80. The van der Waals surface area contributed by atoms with Crippen LogP contribution in [-0.2, 0) is 4.79 Å². The van der Waals surface area contributed by atoms with Crippen LogP contribution in [0, 0.1) is 17.8 Å². The van der Waals surface area contributed by atoms with Gasteiger partial charge in [0.15, 0.2) is 0 Å². The molecule has 0 saturated heterocycles. The van der Waals surface area contributed by atoms with E-state index in [-0.39, 0.29) is 0 Å². The van der Waals surface area contributed by atoms with Crippen molar-refractivity contribution in [1.82, 2.24) is 10.2 Å². The third kappa shape index (κ3) is 5.59. The van der Waals surface area contributed by atoms with Gasteiger partial charge in [0.1, 0.15) is 5.54 Å². The first-order chi connectivity index (χ1) is 9.81. The molecule has 0 aromatic heterocycles. The zero-order chi connectivity index (χ0) is 16.0. The summed E-state index contributed by atoms with van der Waals surface area (Å²) in [6, 6.07) is 0. The summed E-state index contributed by atoms with van der Waals surface area (Å²) in [5.41, 5.74) is -0.756. The first-order valence-corrected chi connectivity index (χ1v) is 8.46. The Hall–Kier alpha value is -0.610. The lowest BCUT2D eigenvalue weighted by Crippen LogP contribution is -2.59. The molecule has 124 valence electrons. The lowest BCUT2D eigenvalue weighted by molar-refractivity contribution is -0.146. The van der Waals surface area contributed by atoms with E-state index in [1.54, 1.807) is 7.05 Å². The molecule has 1 aliphatic carbocycles. The van der Waals surface area contributed by atoms with Crippen LogP contribution in [0.15, 0.2) is 0 Å². The van der Waals surface area contributed by atoms with E-state index in [1.807, 2.05) is 0 Å². The molecule has 1 saturated carbocycles. The van der Waals surface area contributed by atoms with Gasteiger partial charge < -0.3 is 15.3 Å². The average Bonchev–Trinajstić information content (AvgIpc) is 3.22. The van der Waals surface area contributed by atoms with Gasteiger partial charge in [-0.25, -0.2) is 0 Å². The topological polar surface area (TPSA) is 52.6 Å². The molecular formula is C17H34N2O2. The molecule has 0 aliphatic heterocycles. The molecule has 0 bridgehead atoms. The third-order valence-corrected chi connectivity index (χ3v) is 4.62. The van der Waals surface area contributed by atoms with Crippen molar-refractivity contribution in [2.45, 2.75) is 58.9 Å². The predicted octanol–water partition coefficient (Wildman–Crippen LogP) is 2.83. The number of hydrogen-bond acceptors (Lipinski definition) is 3. The minimum Gasteiger partial charge on any atom is -0.480 e. The zero-order valence-electron chi connectivity index (χ0n) is 14.5. The Bertz CT molecular complexity index is 315. The van der Waals surface area contributed by atoms with Crippen molar-refractivity contribution >= 4 is 5.97 Å². The van der Waals surface area contributed by atoms with Crippen molar-refractivity contribution in [3.63, 3.8) is 0 Å². The van der Waals surface area contributed by atoms with Crippen molar-refractivity contribution < 1.29 is 9.90 Å². The van der Waals surface area contributed by atoms with Gasteiger partial charge in [-0.1, -0.05) is 27.7 Å². The fourth-order valence-corrected chi connectivity index (χ4v) is 2.84. The molecule has 1 aliphatic rings. The summed E-state index contributed by atoms with van der Waals surface area (Å²) in [7, 11) is 1.80. The maximum atomic E-state index is 11.9. The van der Waals surface area contributed by atoms with Crippen molar-refractivity contribution in [3.8, 4) is 0 Å². The number of likely N-dealkylation sites (N-methyl/N-ethyl adjacent to an activating group) is 1. The molecule has 0 heterocycles. The highest BCUT2D eigenvalue weighted by atomic mass is 16.4. The van der Waals surface area contributed by atoms with Gasteiger partial charge in [0.25, 0.3) is 0 Å². The summed E-state index contributed by atoms with van der Waals surface area (Å²) < 4.78 is 0. The normalized spacial score (nSPS) is 18.5. The quantitative estimate of drug-likeness (QED) is 0.616. The van der Waals surface area contributed by atoms with E-state index in [0.29, 0.717) is 24.3 Å². The van der Waals surface area contributed by atoms with Gasteiger partial charge in [-0.15, -0.1) is 0 Å². The van der Waals surface area contributed by atoms with Crippen molar-refractivity contribution in [2.24, 2.45) is 17.8 Å². The number of hydrogen-bond donors (Lipinski definition) is 2. The van der Waals surface area contributed by atoms with Crippen LogP contribution in [0.5, 0.6) is 0 Å². The summed E-state index contributed by atoms with van der Waals surface area (Å²) in [5.74, 6) is 0.912. The fraction of sp³-hybridized carbons (Fsp3) is 0.941. The number of nitrogens with one attached hydrogen (secondary N) is 1. The number of rotatable bonds is 11. The molecule has 1 unspecified atom stereocenters. The molecule has 4 heteroatoms. The Labute approximate surface area is 130 Å². The second-order valence-electron chi connectivity index (χ2n) is 7.44. The zero-order valence-corrected chi connectivity index (χ0v) is 14.5. The van der Waals surface area contributed by atoms with Gasteiger partial charge in [-0.2, -0.15) is 0 Å². The third-order valence-electron chi connectivity index (χ3n) is 4.62. The van der Waals surface area contributed by atoms with Gasteiger partial charge >= 0.3 is 5.97 Å². The summed E-state index contributed by atoms with van der Waals surface area (Å²) in [4.78, 5) is 14.2. The molecule has 2 N–H and O–H groups in total. The molecule has 21 heavy (non-hydrogen) atoms. The van der Waals surface area contributed by atoms with Crippen LogP contribution in [0.1, 0.15) is 53.4 Å². The van der Waals surface area contributed by atoms with Gasteiger partial charge in [-0.05, 0) is 63.6 Å². The molecule has 0 aromatic carbocycles. The highest BCUT2D eigenvalue weighted by Gasteiger charge is 2.51. The number of carboxylic acids is 1. The molecule has 4 nitrogen and oxygen atoms in total. The lowest BCUT2D eigenvalue weighted by atomic mass is 9.92. The first kappa shape index (κ1) is 18.4. The van der Waals surface area contributed by atoms with Crippen molar-refractivity contribution in [2.75, 3.05) is 26.7 Å². The number of nitrogens with zero attached hydrogens (tertiary/aromatic N) is 1. The smallest absolute Gasteiger partial charge is 0.325 e. The molecular weight excluding hydrogens is 264 g/mol. The second-order valence-corrected chi connectivity index (χ2v) is 7.44. The second kappa shape index (κ2) is 8.14. The van der Waals surface area contributed by atoms with E-state index < -0.39 is 11.5 Å². The van der Waals surface area contributed by atoms with E-state index in [0.717, 1.165) is 38.8 Å². The predicted molar refractivity (Wildman–Crippen MR) is 87.5 cm³/mol. The summed E-state index contributed by atoms with van der Waals surface area (Å²) >= 11 is 0. The summed E-state index contributed by atoms with van der Waals surface area (Å²) in [6.07, 6.45) is 4.33. The fourth-order valence-electron chi connectivity index (χ4n) is 2.84. The lowest BCUT2D eigenvalue weighted by Gasteiger charge is -2.36. The molecule has 0 spiro atoms. The maximum Gasteiger partial charge on any atom is 0.325 e. The molecule has 1 rings (SSSR count). The number of carbonyl (C=O) groups is 1. The molecule has 0 aromatic rings. The van der Waals surface area contributed by atoms with E-state index in [9.17, 15) is 9.90 Å². The molecule has 1 atom stereocenters. The van der Waals surface area contributed by atoms with Gasteiger partial charge in [0.2, 0.25) is 0 Å². The standard InChI is InChI=1S/C17H34N2O2/c1-13(2)8-10-19(11-9-14(3)4)12-17(18-5,16(20)21)15-6-7-15/h13-15,18H,6-12H2,1-5H3,(H,20,21). The molecule has 0 radical (unpaired) electrons. The maximum absolute atomic E-state index is 11.9. The van der Waals surface area contributed by atoms with E-state index in [2.05, 4.69) is 37.9 Å². The monoisotopic (exact) mass is 298 g/mol. The minimum absolute atomic E-state index is 0.292. The Morgan fingerprint density at radius 3 is 1.95 bits per heavy atom. The van der Waals surface area contributed by atoms with Crippen LogP contribution in [0.25, 0.3) is 0 Å². The summed E-state index contributed by atoms with van der Waals surface area (Å²) in [6.45, 7) is 11.5. The highest BCUT2D eigenvalue weighted by Crippen LogP contribution is 2.40. The van der Waals surface area contributed by atoms with Crippen LogP contribution in [0.2, 0.25) is 0 Å². The largest absolute Gasteiger partial charge is 0.480 e. The van der Waals surface area contributed by atoms with E-state index in [1.165, 1.54) is 0 Å². The van der Waals surface area contributed by atoms with Crippen LogP contribution in [-0.4, -0.2) is 48.2 Å². The van der Waals surface area contributed by atoms with Gasteiger partial charge in [0.05, 0.1) is 0 Å². The van der Waals surface area contributed by atoms with Gasteiger partial charge in [-0.3, -0.25) is 4.79 Å².